The van der Waals surface area contributed by atoms with Crippen LogP contribution < -0.4 is 0 Å². The third-order valence-corrected chi connectivity index (χ3v) is 3.72. The minimum Gasteiger partial charge on any atom is -0.298 e. The van der Waals surface area contributed by atoms with Crippen molar-refractivity contribution in [2.24, 2.45) is 11.8 Å². The molecule has 14 heavy (non-hydrogen) atoms. The van der Waals surface area contributed by atoms with E-state index >= 15 is 0 Å². The zero-order chi connectivity index (χ0) is 9.97. The van der Waals surface area contributed by atoms with Crippen LogP contribution in [0.4, 0.5) is 0 Å². The molecule has 2 rings (SSSR count). The monoisotopic (exact) mass is 195 g/mol. The zero-order valence-corrected chi connectivity index (χ0v) is 9.17. The third-order valence-electron chi connectivity index (χ3n) is 3.72. The Morgan fingerprint density at radius 1 is 1.29 bits per heavy atom. The van der Waals surface area contributed by atoms with E-state index in [9.17, 15) is 4.79 Å². The summed E-state index contributed by atoms with van der Waals surface area (Å²) in [7, 11) is 0. The lowest BCUT2D eigenvalue weighted by atomic mass is 9.78. The molecule has 1 saturated heterocycles. The number of Topliss-reactive ketones (excluding diaryl/α,β-unsaturated/α-hetero) is 1. The molecular weight excluding hydrogens is 174 g/mol. The highest BCUT2D eigenvalue weighted by molar-refractivity contribution is 5.80. The van der Waals surface area contributed by atoms with Crippen LogP contribution in [0.15, 0.2) is 0 Å². The van der Waals surface area contributed by atoms with Gasteiger partial charge in [0.1, 0.15) is 5.78 Å². The summed E-state index contributed by atoms with van der Waals surface area (Å²) in [4.78, 5) is 13.8. The molecule has 0 N–H and O–H groups in total. The first-order valence-electron chi connectivity index (χ1n) is 6.02. The summed E-state index contributed by atoms with van der Waals surface area (Å²) in [5, 5.41) is 0. The van der Waals surface area contributed by atoms with Gasteiger partial charge in [-0.3, -0.25) is 9.69 Å². The predicted octanol–water partition coefficient (Wildman–Crippen LogP) is 2.09. The molecule has 2 nitrogen and oxygen atoms in total. The van der Waals surface area contributed by atoms with E-state index < -0.39 is 0 Å². The Morgan fingerprint density at radius 2 is 1.93 bits per heavy atom. The van der Waals surface area contributed by atoms with E-state index in [2.05, 4.69) is 4.90 Å². The minimum atomic E-state index is 0.407. The Labute approximate surface area is 86.7 Å². The van der Waals surface area contributed by atoms with E-state index in [1.807, 2.05) is 6.92 Å². The molecule has 1 aliphatic heterocycles. The number of hydrogen-bond donors (Lipinski definition) is 0. The molecule has 0 spiro atoms. The fraction of sp³-hybridized carbons (Fsp3) is 0.917. The maximum absolute atomic E-state index is 11.4. The van der Waals surface area contributed by atoms with E-state index in [0.29, 0.717) is 18.7 Å². The normalized spacial score (nSPS) is 32.9. The van der Waals surface area contributed by atoms with Crippen molar-refractivity contribution >= 4 is 5.78 Å². The van der Waals surface area contributed by atoms with Crippen LogP contribution in [0.5, 0.6) is 0 Å². The third kappa shape index (κ3) is 2.35. The molecule has 0 radical (unpaired) electrons. The van der Waals surface area contributed by atoms with Gasteiger partial charge in [0, 0.05) is 19.5 Å². The average molecular weight is 195 g/mol. The molecule has 1 aliphatic carbocycles. The van der Waals surface area contributed by atoms with Crippen LogP contribution in [0.25, 0.3) is 0 Å². The van der Waals surface area contributed by atoms with Gasteiger partial charge in [0.2, 0.25) is 0 Å². The summed E-state index contributed by atoms with van der Waals surface area (Å²) in [6, 6.07) is 0. The largest absolute Gasteiger partial charge is 0.298 e. The lowest BCUT2D eigenvalue weighted by molar-refractivity contribution is -0.120. The smallest absolute Gasteiger partial charge is 0.146 e. The molecule has 2 fully saturated rings. The van der Waals surface area contributed by atoms with Crippen molar-refractivity contribution in [3.05, 3.63) is 0 Å². The second-order valence-electron chi connectivity index (χ2n) is 4.98. The Kier molecular flexibility index (Phi) is 3.22. The first kappa shape index (κ1) is 10.2. The summed E-state index contributed by atoms with van der Waals surface area (Å²) >= 11 is 0. The van der Waals surface area contributed by atoms with Gasteiger partial charge in [-0.2, -0.15) is 0 Å². The summed E-state index contributed by atoms with van der Waals surface area (Å²) in [5.41, 5.74) is 0. The first-order chi connectivity index (χ1) is 6.78. The van der Waals surface area contributed by atoms with Gasteiger partial charge in [-0.15, -0.1) is 0 Å². The Morgan fingerprint density at radius 3 is 2.50 bits per heavy atom. The van der Waals surface area contributed by atoms with E-state index in [4.69, 9.17) is 0 Å². The SMILES string of the molecule is CCC(=O)CN1CC2CCCC(C2)C1. The molecule has 2 atom stereocenters. The lowest BCUT2D eigenvalue weighted by Crippen LogP contribution is -2.44. The van der Waals surface area contributed by atoms with E-state index in [1.165, 1.54) is 38.8 Å². The molecule has 0 amide bonds. The van der Waals surface area contributed by atoms with Gasteiger partial charge in [-0.05, 0) is 31.1 Å². The number of carbonyl (C=O) groups is 1. The maximum Gasteiger partial charge on any atom is 0.146 e. The van der Waals surface area contributed by atoms with Crippen LogP contribution in [0.1, 0.15) is 39.0 Å². The van der Waals surface area contributed by atoms with Crippen LogP contribution in [-0.2, 0) is 4.79 Å². The van der Waals surface area contributed by atoms with Crippen LogP contribution in [0, 0.1) is 11.8 Å². The van der Waals surface area contributed by atoms with E-state index in [0.717, 1.165) is 11.8 Å². The number of rotatable bonds is 3. The first-order valence-corrected chi connectivity index (χ1v) is 6.02. The van der Waals surface area contributed by atoms with Gasteiger partial charge in [-0.1, -0.05) is 13.3 Å². The van der Waals surface area contributed by atoms with Crippen molar-refractivity contribution in [1.29, 1.82) is 0 Å². The highest BCUT2D eigenvalue weighted by Crippen LogP contribution is 2.34. The van der Waals surface area contributed by atoms with Crippen LogP contribution in [0.2, 0.25) is 0 Å². The molecule has 0 aromatic carbocycles. The molecule has 1 heterocycles. The molecular formula is C12H21NO. The Bertz CT molecular complexity index is 202. The number of carbonyl (C=O) groups excluding carboxylic acids is 1. The number of nitrogens with zero attached hydrogens (tertiary/aromatic N) is 1. The summed E-state index contributed by atoms with van der Waals surface area (Å²) in [5.74, 6) is 2.20. The second-order valence-corrected chi connectivity index (χ2v) is 4.98. The zero-order valence-electron chi connectivity index (χ0n) is 9.17. The molecule has 2 heteroatoms. The van der Waals surface area contributed by atoms with Crippen molar-refractivity contribution in [3.8, 4) is 0 Å². The van der Waals surface area contributed by atoms with Crippen molar-refractivity contribution in [1.82, 2.24) is 4.90 Å². The van der Waals surface area contributed by atoms with Crippen molar-refractivity contribution < 1.29 is 4.79 Å². The molecule has 2 aliphatic rings. The quantitative estimate of drug-likeness (QED) is 0.687. The molecule has 2 bridgehead atoms. The number of fused-ring (bicyclic) bond motifs is 2. The fourth-order valence-electron chi connectivity index (χ4n) is 3.03. The number of piperidine rings is 1. The lowest BCUT2D eigenvalue weighted by Gasteiger charge is -2.41. The number of ketones is 1. The summed E-state index contributed by atoms with van der Waals surface area (Å²) in [6.07, 6.45) is 6.34. The number of likely N-dealkylation sites (tertiary alicyclic amines) is 1. The van der Waals surface area contributed by atoms with E-state index in [1.54, 1.807) is 0 Å². The maximum atomic E-state index is 11.4. The highest BCUT2D eigenvalue weighted by Gasteiger charge is 2.30. The molecule has 2 unspecified atom stereocenters. The standard InChI is InChI=1S/C12H21NO/c1-2-12(14)9-13-7-10-4-3-5-11(6-10)8-13/h10-11H,2-9H2,1H3. The molecule has 0 aromatic rings. The number of hydrogen-bond acceptors (Lipinski definition) is 2. The molecule has 80 valence electrons. The van der Waals surface area contributed by atoms with Crippen molar-refractivity contribution in [2.75, 3.05) is 19.6 Å². The summed E-state index contributed by atoms with van der Waals surface area (Å²) in [6.45, 7) is 5.04. The fourth-order valence-corrected chi connectivity index (χ4v) is 3.03. The van der Waals surface area contributed by atoms with Gasteiger partial charge in [0.05, 0.1) is 6.54 Å². The van der Waals surface area contributed by atoms with Gasteiger partial charge >= 0.3 is 0 Å². The predicted molar refractivity (Wildman–Crippen MR) is 57.2 cm³/mol. The van der Waals surface area contributed by atoms with E-state index in [-0.39, 0.29) is 0 Å². The van der Waals surface area contributed by atoms with Crippen LogP contribution in [-0.4, -0.2) is 30.3 Å². The summed E-state index contributed by atoms with van der Waals surface area (Å²) < 4.78 is 0. The van der Waals surface area contributed by atoms with Crippen LogP contribution >= 0.6 is 0 Å². The van der Waals surface area contributed by atoms with Gasteiger partial charge in [0.25, 0.3) is 0 Å². The average Bonchev–Trinajstić information content (AvgIpc) is 2.17. The second kappa shape index (κ2) is 4.43. The van der Waals surface area contributed by atoms with Crippen molar-refractivity contribution in [2.45, 2.75) is 39.0 Å². The Balaban J connectivity index is 1.86. The van der Waals surface area contributed by atoms with Crippen molar-refractivity contribution in [3.63, 3.8) is 0 Å². The van der Waals surface area contributed by atoms with Gasteiger partial charge in [-0.25, -0.2) is 0 Å². The van der Waals surface area contributed by atoms with Gasteiger partial charge < -0.3 is 0 Å². The van der Waals surface area contributed by atoms with Gasteiger partial charge in [0.15, 0.2) is 0 Å². The molecule has 1 saturated carbocycles. The topological polar surface area (TPSA) is 20.3 Å². The highest BCUT2D eigenvalue weighted by atomic mass is 16.1. The minimum absolute atomic E-state index is 0.407. The Hall–Kier alpha value is -0.370. The molecule has 0 aromatic heterocycles. The van der Waals surface area contributed by atoms with Crippen LogP contribution in [0.3, 0.4) is 0 Å².